The van der Waals surface area contributed by atoms with Crippen LogP contribution in [0, 0.1) is 6.92 Å². The van der Waals surface area contributed by atoms with Crippen molar-refractivity contribution in [3.8, 4) is 0 Å². The molecule has 1 aromatic carbocycles. The maximum absolute atomic E-state index is 12.3. The van der Waals surface area contributed by atoms with Crippen LogP contribution in [0.25, 0.3) is 0 Å². The Morgan fingerprint density at radius 1 is 1.22 bits per heavy atom. The number of carbonyl (C=O) groups excluding carboxylic acids is 1. The standard InChI is InChI=1S/C14H19NO3/c1-3-9-15(10-8-13(16)17)14(18)12-7-5-4-6-11(12)2/h4-7H,3,8-10H2,1-2H3,(H,16,17). The Kier molecular flexibility index (Phi) is 5.36. The topological polar surface area (TPSA) is 57.6 Å². The molecule has 0 aromatic heterocycles. The predicted octanol–water partition coefficient (Wildman–Crippen LogP) is 2.32. The molecule has 18 heavy (non-hydrogen) atoms. The lowest BCUT2D eigenvalue weighted by Crippen LogP contribution is -2.34. The molecule has 1 rings (SSSR count). The first-order valence-electron chi connectivity index (χ1n) is 6.13. The first kappa shape index (κ1) is 14.2. The quantitative estimate of drug-likeness (QED) is 0.841. The summed E-state index contributed by atoms with van der Waals surface area (Å²) >= 11 is 0. The van der Waals surface area contributed by atoms with Crippen LogP contribution in [-0.4, -0.2) is 35.0 Å². The Morgan fingerprint density at radius 2 is 1.89 bits per heavy atom. The van der Waals surface area contributed by atoms with Gasteiger partial charge in [0.15, 0.2) is 0 Å². The summed E-state index contributed by atoms with van der Waals surface area (Å²) in [5.41, 5.74) is 1.57. The molecule has 0 aliphatic carbocycles. The van der Waals surface area contributed by atoms with Gasteiger partial charge in [0.2, 0.25) is 0 Å². The summed E-state index contributed by atoms with van der Waals surface area (Å²) in [5, 5.41) is 8.70. The molecule has 0 spiro atoms. The average molecular weight is 249 g/mol. The van der Waals surface area contributed by atoms with E-state index >= 15 is 0 Å². The van der Waals surface area contributed by atoms with E-state index in [1.165, 1.54) is 0 Å². The van der Waals surface area contributed by atoms with Crippen molar-refractivity contribution in [2.24, 2.45) is 0 Å². The highest BCUT2D eigenvalue weighted by atomic mass is 16.4. The summed E-state index contributed by atoms with van der Waals surface area (Å²) in [6.07, 6.45) is 0.800. The van der Waals surface area contributed by atoms with Gasteiger partial charge in [0.05, 0.1) is 6.42 Å². The minimum Gasteiger partial charge on any atom is -0.481 e. The smallest absolute Gasteiger partial charge is 0.305 e. The molecule has 0 saturated heterocycles. The number of carbonyl (C=O) groups is 2. The second-order valence-electron chi connectivity index (χ2n) is 4.25. The number of benzene rings is 1. The van der Waals surface area contributed by atoms with E-state index in [1.807, 2.05) is 32.0 Å². The minimum absolute atomic E-state index is 0.0162. The molecule has 1 aromatic rings. The number of carboxylic acids is 1. The molecular weight excluding hydrogens is 230 g/mol. The van der Waals surface area contributed by atoms with Crippen LogP contribution >= 0.6 is 0 Å². The summed E-state index contributed by atoms with van der Waals surface area (Å²) < 4.78 is 0. The minimum atomic E-state index is -0.881. The van der Waals surface area contributed by atoms with E-state index in [9.17, 15) is 9.59 Å². The van der Waals surface area contributed by atoms with E-state index in [0.717, 1.165) is 12.0 Å². The van der Waals surface area contributed by atoms with E-state index in [1.54, 1.807) is 11.0 Å². The van der Waals surface area contributed by atoms with Crippen LogP contribution in [0.15, 0.2) is 24.3 Å². The fraction of sp³-hybridized carbons (Fsp3) is 0.429. The maximum atomic E-state index is 12.3. The van der Waals surface area contributed by atoms with Crippen LogP contribution in [-0.2, 0) is 4.79 Å². The zero-order valence-corrected chi connectivity index (χ0v) is 10.8. The summed E-state index contributed by atoms with van der Waals surface area (Å²) in [4.78, 5) is 24.5. The molecule has 1 N–H and O–H groups in total. The average Bonchev–Trinajstić information content (AvgIpc) is 2.34. The number of aryl methyl sites for hydroxylation is 1. The zero-order chi connectivity index (χ0) is 13.5. The van der Waals surface area contributed by atoms with Gasteiger partial charge in [-0.15, -0.1) is 0 Å². The number of aliphatic carboxylic acids is 1. The fourth-order valence-corrected chi connectivity index (χ4v) is 1.80. The van der Waals surface area contributed by atoms with Crippen LogP contribution in [0.4, 0.5) is 0 Å². The van der Waals surface area contributed by atoms with Crippen LogP contribution in [0.2, 0.25) is 0 Å². The molecule has 0 radical (unpaired) electrons. The van der Waals surface area contributed by atoms with Gasteiger partial charge in [-0.2, -0.15) is 0 Å². The third-order valence-electron chi connectivity index (χ3n) is 2.75. The van der Waals surface area contributed by atoms with Gasteiger partial charge in [-0.3, -0.25) is 9.59 Å². The fourth-order valence-electron chi connectivity index (χ4n) is 1.80. The van der Waals surface area contributed by atoms with Gasteiger partial charge in [0.1, 0.15) is 0 Å². The van der Waals surface area contributed by atoms with Crippen molar-refractivity contribution in [3.63, 3.8) is 0 Å². The Labute approximate surface area is 107 Å². The highest BCUT2D eigenvalue weighted by Gasteiger charge is 2.17. The lowest BCUT2D eigenvalue weighted by atomic mass is 10.1. The van der Waals surface area contributed by atoms with E-state index < -0.39 is 5.97 Å². The van der Waals surface area contributed by atoms with Crippen molar-refractivity contribution in [2.45, 2.75) is 26.7 Å². The number of nitrogens with zero attached hydrogens (tertiary/aromatic N) is 1. The summed E-state index contributed by atoms with van der Waals surface area (Å²) in [5.74, 6) is -0.968. The van der Waals surface area contributed by atoms with Gasteiger partial charge in [-0.05, 0) is 25.0 Å². The largest absolute Gasteiger partial charge is 0.481 e. The van der Waals surface area contributed by atoms with Crippen molar-refractivity contribution in [1.29, 1.82) is 0 Å². The highest BCUT2D eigenvalue weighted by molar-refractivity contribution is 5.95. The molecule has 4 heteroatoms. The first-order chi connectivity index (χ1) is 8.56. The van der Waals surface area contributed by atoms with E-state index in [4.69, 9.17) is 5.11 Å². The molecule has 4 nitrogen and oxygen atoms in total. The third kappa shape index (κ3) is 3.87. The highest BCUT2D eigenvalue weighted by Crippen LogP contribution is 2.11. The molecular formula is C14H19NO3. The predicted molar refractivity (Wildman–Crippen MR) is 69.6 cm³/mol. The van der Waals surface area contributed by atoms with Crippen molar-refractivity contribution in [2.75, 3.05) is 13.1 Å². The summed E-state index contributed by atoms with van der Waals surface area (Å²) in [6, 6.07) is 7.37. The molecule has 0 saturated carbocycles. The number of hydrogen-bond donors (Lipinski definition) is 1. The molecule has 0 fully saturated rings. The number of rotatable bonds is 6. The molecule has 98 valence electrons. The third-order valence-corrected chi connectivity index (χ3v) is 2.75. The summed E-state index contributed by atoms with van der Waals surface area (Å²) in [6.45, 7) is 4.70. The molecule has 0 bridgehead atoms. The Hall–Kier alpha value is -1.84. The number of carboxylic acid groups (broad SMARTS) is 1. The van der Waals surface area contributed by atoms with Crippen molar-refractivity contribution in [3.05, 3.63) is 35.4 Å². The van der Waals surface area contributed by atoms with Gasteiger partial charge < -0.3 is 10.0 Å². The van der Waals surface area contributed by atoms with Gasteiger partial charge in [-0.1, -0.05) is 25.1 Å². The van der Waals surface area contributed by atoms with Crippen LogP contribution in [0.1, 0.15) is 35.7 Å². The van der Waals surface area contributed by atoms with Gasteiger partial charge >= 0.3 is 5.97 Å². The lowest BCUT2D eigenvalue weighted by molar-refractivity contribution is -0.137. The van der Waals surface area contributed by atoms with Crippen LogP contribution in [0.5, 0.6) is 0 Å². The van der Waals surface area contributed by atoms with Crippen molar-refractivity contribution >= 4 is 11.9 Å². The monoisotopic (exact) mass is 249 g/mol. The van der Waals surface area contributed by atoms with Gasteiger partial charge in [-0.25, -0.2) is 0 Å². The Bertz CT molecular complexity index is 429. The summed E-state index contributed by atoms with van der Waals surface area (Å²) in [7, 11) is 0. The normalized spacial score (nSPS) is 10.1. The Balaban J connectivity index is 2.82. The first-order valence-corrected chi connectivity index (χ1v) is 6.13. The van der Waals surface area contributed by atoms with Crippen LogP contribution in [0.3, 0.4) is 0 Å². The van der Waals surface area contributed by atoms with Crippen LogP contribution < -0.4 is 0 Å². The SMILES string of the molecule is CCCN(CCC(=O)O)C(=O)c1ccccc1C. The van der Waals surface area contributed by atoms with E-state index in [2.05, 4.69) is 0 Å². The lowest BCUT2D eigenvalue weighted by Gasteiger charge is -2.22. The van der Waals surface area contributed by atoms with Crippen molar-refractivity contribution < 1.29 is 14.7 Å². The zero-order valence-electron chi connectivity index (χ0n) is 10.8. The number of amides is 1. The molecule has 0 heterocycles. The van der Waals surface area contributed by atoms with Gasteiger partial charge in [0, 0.05) is 18.7 Å². The number of hydrogen-bond acceptors (Lipinski definition) is 2. The molecule has 0 aliphatic rings. The molecule has 0 atom stereocenters. The molecule has 0 aliphatic heterocycles. The van der Waals surface area contributed by atoms with E-state index in [-0.39, 0.29) is 18.9 Å². The van der Waals surface area contributed by atoms with E-state index in [0.29, 0.717) is 12.1 Å². The van der Waals surface area contributed by atoms with Crippen molar-refractivity contribution in [1.82, 2.24) is 4.90 Å². The second-order valence-corrected chi connectivity index (χ2v) is 4.25. The Morgan fingerprint density at radius 3 is 2.44 bits per heavy atom. The second kappa shape index (κ2) is 6.79. The molecule has 1 amide bonds. The molecule has 0 unspecified atom stereocenters. The maximum Gasteiger partial charge on any atom is 0.305 e. The van der Waals surface area contributed by atoms with Gasteiger partial charge in [0.25, 0.3) is 5.91 Å².